The molecule has 0 N–H and O–H groups in total. The number of ketones is 1. The van der Waals surface area contributed by atoms with Crippen molar-refractivity contribution in [1.29, 1.82) is 0 Å². The van der Waals surface area contributed by atoms with E-state index in [-0.39, 0.29) is 5.78 Å². The topological polar surface area (TPSA) is 48.8 Å². The number of nitrogens with zero attached hydrogens (tertiary/aromatic N) is 4. The zero-order valence-corrected chi connectivity index (χ0v) is 15.1. The summed E-state index contributed by atoms with van der Waals surface area (Å²) < 4.78 is 0. The van der Waals surface area contributed by atoms with Gasteiger partial charge >= 0.3 is 0 Å². The van der Waals surface area contributed by atoms with Gasteiger partial charge < -0.3 is 9.80 Å². The average molecular weight is 342 g/mol. The molecule has 0 saturated carbocycles. The normalized spacial score (nSPS) is 15.7. The lowest BCUT2D eigenvalue weighted by Crippen LogP contribution is -2.48. The third kappa shape index (κ3) is 3.48. The average Bonchev–Trinajstić information content (AvgIpc) is 3.04. The predicted octanol–water partition coefficient (Wildman–Crippen LogP) is 3.53. The van der Waals surface area contributed by atoms with Crippen molar-refractivity contribution in [3.8, 4) is 0 Å². The summed E-state index contributed by atoms with van der Waals surface area (Å²) in [5, 5.41) is 1.92. The number of hydrogen-bond acceptors (Lipinski definition) is 5. The Balaban J connectivity index is 1.68. The first-order valence-corrected chi connectivity index (χ1v) is 8.99. The summed E-state index contributed by atoms with van der Waals surface area (Å²) in [7, 11) is 0. The van der Waals surface area contributed by atoms with Gasteiger partial charge in [0.2, 0.25) is 0 Å². The van der Waals surface area contributed by atoms with Crippen LogP contribution < -0.4 is 4.90 Å². The lowest BCUT2D eigenvalue weighted by Gasteiger charge is -2.37. The molecular weight excluding hydrogens is 320 g/mol. The van der Waals surface area contributed by atoms with E-state index in [1.165, 1.54) is 16.9 Å². The van der Waals surface area contributed by atoms with E-state index in [0.717, 1.165) is 48.4 Å². The van der Waals surface area contributed by atoms with Gasteiger partial charge in [-0.15, -0.1) is 11.3 Å². The Hall–Kier alpha value is -2.21. The summed E-state index contributed by atoms with van der Waals surface area (Å²) in [6.45, 7) is 9.37. The first kappa shape index (κ1) is 16.6. The van der Waals surface area contributed by atoms with Crippen LogP contribution in [-0.2, 0) is 0 Å². The lowest BCUT2D eigenvalue weighted by molar-refractivity contribution is 0.102. The van der Waals surface area contributed by atoms with E-state index in [4.69, 9.17) is 0 Å². The molecule has 126 valence electrons. The fourth-order valence-electron chi connectivity index (χ4n) is 2.95. The molecule has 0 spiro atoms. The second-order valence-corrected chi connectivity index (χ2v) is 6.88. The Morgan fingerprint density at radius 2 is 1.96 bits per heavy atom. The summed E-state index contributed by atoms with van der Waals surface area (Å²) in [5.74, 6) is 2.11. The summed E-state index contributed by atoms with van der Waals surface area (Å²) in [6, 6.07) is 5.99. The largest absolute Gasteiger partial charge is 0.357 e. The molecule has 0 atom stereocenters. The summed E-state index contributed by atoms with van der Waals surface area (Å²) in [5.41, 5.74) is 1.99. The number of aryl methyl sites for hydroxylation is 1. The maximum absolute atomic E-state index is 11.6. The van der Waals surface area contributed by atoms with E-state index in [1.54, 1.807) is 6.92 Å². The summed E-state index contributed by atoms with van der Waals surface area (Å²) >= 11 is 1.45. The molecule has 2 aromatic heterocycles. The zero-order valence-electron chi connectivity index (χ0n) is 14.3. The Bertz CT molecular complexity index is 760. The molecule has 1 aliphatic rings. The van der Waals surface area contributed by atoms with E-state index in [1.807, 2.05) is 30.6 Å². The first-order valence-electron chi connectivity index (χ1n) is 8.11. The number of thiophene rings is 1. The first-order chi connectivity index (χ1) is 11.6. The van der Waals surface area contributed by atoms with Crippen molar-refractivity contribution in [2.75, 3.05) is 31.1 Å². The number of rotatable bonds is 3. The van der Waals surface area contributed by atoms with Gasteiger partial charge in [0.15, 0.2) is 5.78 Å². The van der Waals surface area contributed by atoms with Crippen LogP contribution in [0.5, 0.6) is 0 Å². The van der Waals surface area contributed by atoms with Gasteiger partial charge in [-0.2, -0.15) is 0 Å². The summed E-state index contributed by atoms with van der Waals surface area (Å²) in [4.78, 5) is 26.1. The molecule has 24 heavy (non-hydrogen) atoms. The van der Waals surface area contributed by atoms with Crippen LogP contribution in [0.4, 0.5) is 11.5 Å². The maximum Gasteiger partial charge on any atom is 0.171 e. The Morgan fingerprint density at radius 1 is 1.21 bits per heavy atom. The van der Waals surface area contributed by atoms with E-state index in [0.29, 0.717) is 0 Å². The van der Waals surface area contributed by atoms with Crippen LogP contribution in [0.1, 0.15) is 29.1 Å². The van der Waals surface area contributed by atoms with Crippen LogP contribution >= 0.6 is 11.3 Å². The van der Waals surface area contributed by atoms with Gasteiger partial charge in [-0.1, -0.05) is 6.07 Å². The number of anilines is 1. The van der Waals surface area contributed by atoms with Gasteiger partial charge in [0.25, 0.3) is 0 Å². The number of hydrogen-bond donors (Lipinski definition) is 0. The summed E-state index contributed by atoms with van der Waals surface area (Å²) in [6.07, 6.45) is 1.85. The number of piperazine rings is 1. The van der Waals surface area contributed by atoms with Crippen LogP contribution in [-0.4, -0.2) is 47.7 Å². The quantitative estimate of drug-likeness (QED) is 0.486. The van der Waals surface area contributed by atoms with Crippen LogP contribution in [0.2, 0.25) is 0 Å². The Labute approximate surface area is 146 Å². The van der Waals surface area contributed by atoms with Gasteiger partial charge in [-0.05, 0) is 36.9 Å². The van der Waals surface area contributed by atoms with Gasteiger partial charge in [-0.25, -0.2) is 9.98 Å². The highest BCUT2D eigenvalue weighted by Crippen LogP contribution is 2.26. The van der Waals surface area contributed by atoms with E-state index in [9.17, 15) is 4.79 Å². The zero-order chi connectivity index (χ0) is 17.1. The van der Waals surface area contributed by atoms with Crippen LogP contribution in [0, 0.1) is 6.92 Å². The minimum absolute atomic E-state index is 0.0759. The molecule has 0 radical (unpaired) electrons. The SMILES string of the molecule is CC(=O)c1sccc1/N=C(\C)N1CCN(c2ncccc2C)CC1. The minimum Gasteiger partial charge on any atom is -0.357 e. The van der Waals surface area contributed by atoms with Crippen LogP contribution in [0.25, 0.3) is 0 Å². The third-order valence-corrected chi connectivity index (χ3v) is 5.27. The molecule has 1 saturated heterocycles. The number of amidine groups is 1. The van der Waals surface area contributed by atoms with E-state index < -0.39 is 0 Å². The number of carbonyl (C=O) groups is 1. The van der Waals surface area contributed by atoms with E-state index >= 15 is 0 Å². The Kier molecular flexibility index (Phi) is 4.94. The van der Waals surface area contributed by atoms with Crippen LogP contribution in [0.3, 0.4) is 0 Å². The fourth-order valence-corrected chi connectivity index (χ4v) is 3.68. The molecule has 6 heteroatoms. The number of Topliss-reactive ketones (excluding diaryl/α,β-unsaturated/α-hetero) is 1. The second kappa shape index (κ2) is 7.13. The van der Waals surface area contributed by atoms with Crippen molar-refractivity contribution in [2.24, 2.45) is 4.99 Å². The molecular formula is C18H22N4OS. The molecule has 2 aromatic rings. The number of aliphatic imine (C=N–C) groups is 1. The predicted molar refractivity (Wildman–Crippen MR) is 99.9 cm³/mol. The van der Waals surface area contributed by atoms with Crippen molar-refractivity contribution >= 4 is 34.5 Å². The Morgan fingerprint density at radius 3 is 2.62 bits per heavy atom. The second-order valence-electron chi connectivity index (χ2n) is 5.97. The van der Waals surface area contributed by atoms with E-state index in [2.05, 4.69) is 32.8 Å². The minimum atomic E-state index is 0.0759. The van der Waals surface area contributed by atoms with Crippen molar-refractivity contribution in [3.05, 3.63) is 40.2 Å². The molecule has 1 aliphatic heterocycles. The van der Waals surface area contributed by atoms with Crippen molar-refractivity contribution in [2.45, 2.75) is 20.8 Å². The standard InChI is InChI=1S/C18H22N4OS/c1-13-5-4-7-19-18(13)22-10-8-21(9-11-22)15(3)20-16-6-12-24-17(16)14(2)23/h4-7,12H,8-11H2,1-3H3/b20-15+. The van der Waals surface area contributed by atoms with Crippen molar-refractivity contribution in [1.82, 2.24) is 9.88 Å². The van der Waals surface area contributed by atoms with Gasteiger partial charge in [0, 0.05) is 39.3 Å². The monoisotopic (exact) mass is 342 g/mol. The molecule has 0 aromatic carbocycles. The highest BCUT2D eigenvalue weighted by atomic mass is 32.1. The molecule has 0 bridgehead atoms. The molecule has 3 heterocycles. The van der Waals surface area contributed by atoms with Crippen molar-refractivity contribution in [3.63, 3.8) is 0 Å². The van der Waals surface area contributed by atoms with Gasteiger partial charge in [-0.3, -0.25) is 4.79 Å². The highest BCUT2D eigenvalue weighted by molar-refractivity contribution is 7.12. The van der Waals surface area contributed by atoms with Crippen LogP contribution in [0.15, 0.2) is 34.8 Å². The fraction of sp³-hybridized carbons (Fsp3) is 0.389. The molecule has 0 unspecified atom stereocenters. The van der Waals surface area contributed by atoms with Gasteiger partial charge in [0.05, 0.1) is 10.6 Å². The molecule has 1 fully saturated rings. The lowest BCUT2D eigenvalue weighted by atomic mass is 10.2. The molecule has 3 rings (SSSR count). The molecule has 5 nitrogen and oxygen atoms in total. The number of pyridine rings is 1. The van der Waals surface area contributed by atoms with Crippen molar-refractivity contribution < 1.29 is 4.79 Å². The highest BCUT2D eigenvalue weighted by Gasteiger charge is 2.20. The molecule has 0 amide bonds. The maximum atomic E-state index is 11.6. The smallest absolute Gasteiger partial charge is 0.171 e. The number of carbonyl (C=O) groups excluding carboxylic acids is 1. The third-order valence-electron chi connectivity index (χ3n) is 4.27. The number of aromatic nitrogens is 1. The van der Waals surface area contributed by atoms with Gasteiger partial charge in [0.1, 0.15) is 11.7 Å². The molecule has 0 aliphatic carbocycles.